The number of hydrogen-bond donors (Lipinski definition) is 0. The second kappa shape index (κ2) is 8.31. The van der Waals surface area contributed by atoms with Crippen LogP contribution in [0.5, 0.6) is 23.0 Å². The quantitative estimate of drug-likeness (QED) is 0.597. The van der Waals surface area contributed by atoms with Gasteiger partial charge in [0.25, 0.3) is 0 Å². The average Bonchev–Trinajstić information content (AvgIpc) is 2.66. The van der Waals surface area contributed by atoms with Crippen molar-refractivity contribution in [3.8, 4) is 23.0 Å². The van der Waals surface area contributed by atoms with E-state index in [0.29, 0.717) is 39.5 Å². The van der Waals surface area contributed by atoms with E-state index in [0.717, 1.165) is 24.0 Å². The Morgan fingerprint density at radius 1 is 1.18 bits per heavy atom. The summed E-state index contributed by atoms with van der Waals surface area (Å²) in [7, 11) is 3.08. The van der Waals surface area contributed by atoms with Gasteiger partial charge in [-0.3, -0.25) is 0 Å². The fourth-order valence-electron chi connectivity index (χ4n) is 3.30. The number of rotatable bonds is 5. The maximum atomic E-state index is 12.8. The molecule has 150 valence electrons. The van der Waals surface area contributed by atoms with Crippen LogP contribution in [0.4, 0.5) is 0 Å². The van der Waals surface area contributed by atoms with Gasteiger partial charge in [0.1, 0.15) is 23.7 Å². The maximum absolute atomic E-state index is 12.8. The number of carbonyl (C=O) groups excluding carboxylic acids is 1. The maximum Gasteiger partial charge on any atom is 0.346 e. The molecule has 5 nitrogen and oxygen atoms in total. The highest BCUT2D eigenvalue weighted by Gasteiger charge is 2.29. The summed E-state index contributed by atoms with van der Waals surface area (Å²) in [6.45, 7) is 6.24. The molecule has 0 radical (unpaired) electrons. The Kier molecular flexibility index (Phi) is 6.04. The largest absolute Gasteiger partial charge is 0.495 e. The van der Waals surface area contributed by atoms with E-state index < -0.39 is 5.97 Å². The predicted molar refractivity (Wildman–Crippen MR) is 108 cm³/mol. The number of esters is 1. The number of cyclic esters (lactones) is 1. The standard InChI is InChI=1S/C22H25ClO5/c1-12(2)6-7-14-8-9-16-17(19(14)25-4)22(24)27-11-15-10-13(3)18(23)21(26-5)20(15)28-16/h8-10,12H,6-7,11H2,1-5H3. The third kappa shape index (κ3) is 3.76. The molecule has 0 N–H and O–H groups in total. The first-order valence-corrected chi connectivity index (χ1v) is 9.65. The van der Waals surface area contributed by atoms with Crippen LogP contribution in [0.25, 0.3) is 0 Å². The molecule has 1 heterocycles. The number of carbonyl (C=O) groups is 1. The number of hydrogen-bond acceptors (Lipinski definition) is 5. The summed E-state index contributed by atoms with van der Waals surface area (Å²) < 4.78 is 22.8. The molecule has 0 saturated heterocycles. The van der Waals surface area contributed by atoms with Gasteiger partial charge in [-0.15, -0.1) is 0 Å². The van der Waals surface area contributed by atoms with Gasteiger partial charge in [0.15, 0.2) is 11.5 Å². The van der Waals surface area contributed by atoms with Crippen molar-refractivity contribution in [2.45, 2.75) is 40.2 Å². The van der Waals surface area contributed by atoms with Crippen LogP contribution in [-0.2, 0) is 17.8 Å². The number of methoxy groups -OCH3 is 2. The number of ether oxygens (including phenoxy) is 4. The molecule has 0 saturated carbocycles. The lowest BCUT2D eigenvalue weighted by Crippen LogP contribution is -2.14. The first kappa shape index (κ1) is 20.3. The van der Waals surface area contributed by atoms with Crippen LogP contribution in [0.1, 0.15) is 47.3 Å². The lowest BCUT2D eigenvalue weighted by molar-refractivity contribution is 0.0454. The van der Waals surface area contributed by atoms with Crippen LogP contribution < -0.4 is 14.2 Å². The number of fused-ring (bicyclic) bond motifs is 2. The molecule has 6 heteroatoms. The van der Waals surface area contributed by atoms with Gasteiger partial charge in [0.2, 0.25) is 0 Å². The van der Waals surface area contributed by atoms with Crippen molar-refractivity contribution in [2.75, 3.05) is 14.2 Å². The lowest BCUT2D eigenvalue weighted by Gasteiger charge is -2.23. The van der Waals surface area contributed by atoms with E-state index in [-0.39, 0.29) is 12.2 Å². The second-order valence-electron chi connectivity index (χ2n) is 7.27. The molecule has 0 aromatic heterocycles. The van der Waals surface area contributed by atoms with Crippen molar-refractivity contribution in [2.24, 2.45) is 5.92 Å². The minimum absolute atomic E-state index is 0.0569. The SMILES string of the molecule is COc1c(Cl)c(C)cc2c1Oc1ccc(CCC(C)C)c(OC)c1C(=O)OC2. The Labute approximate surface area is 170 Å². The first-order chi connectivity index (χ1) is 13.4. The molecule has 0 fully saturated rings. The fourth-order valence-corrected chi connectivity index (χ4v) is 3.52. The topological polar surface area (TPSA) is 54.0 Å². The summed E-state index contributed by atoms with van der Waals surface area (Å²) in [6, 6.07) is 5.54. The van der Waals surface area contributed by atoms with Crippen molar-refractivity contribution in [1.29, 1.82) is 0 Å². The molecule has 3 rings (SSSR count). The Hall–Kier alpha value is -2.40. The van der Waals surface area contributed by atoms with Gasteiger partial charge >= 0.3 is 5.97 Å². The van der Waals surface area contributed by atoms with E-state index in [1.165, 1.54) is 7.11 Å². The first-order valence-electron chi connectivity index (χ1n) is 9.28. The molecule has 0 amide bonds. The zero-order valence-electron chi connectivity index (χ0n) is 16.8. The average molecular weight is 405 g/mol. The third-order valence-electron chi connectivity index (χ3n) is 4.81. The van der Waals surface area contributed by atoms with Crippen LogP contribution in [0.2, 0.25) is 5.02 Å². The smallest absolute Gasteiger partial charge is 0.346 e. The van der Waals surface area contributed by atoms with Crippen molar-refractivity contribution in [1.82, 2.24) is 0 Å². The molecule has 2 aromatic carbocycles. The van der Waals surface area contributed by atoms with E-state index in [1.807, 2.05) is 19.1 Å². The minimum atomic E-state index is -0.476. The Bertz CT molecular complexity index is 905. The number of benzene rings is 2. The lowest BCUT2D eigenvalue weighted by atomic mass is 9.99. The normalized spacial score (nSPS) is 13.0. The highest BCUT2D eigenvalue weighted by Crippen LogP contribution is 2.46. The molecule has 0 atom stereocenters. The number of aryl methyl sites for hydroxylation is 2. The molecule has 0 unspecified atom stereocenters. The van der Waals surface area contributed by atoms with Gasteiger partial charge in [0, 0.05) is 5.56 Å². The zero-order chi connectivity index (χ0) is 20.4. The van der Waals surface area contributed by atoms with Gasteiger partial charge in [-0.2, -0.15) is 0 Å². The molecule has 0 spiro atoms. The van der Waals surface area contributed by atoms with E-state index in [1.54, 1.807) is 13.2 Å². The summed E-state index contributed by atoms with van der Waals surface area (Å²) in [4.78, 5) is 12.8. The molecular formula is C22H25ClO5. The van der Waals surface area contributed by atoms with Crippen LogP contribution in [0.3, 0.4) is 0 Å². The molecule has 1 aliphatic heterocycles. The van der Waals surface area contributed by atoms with Crippen LogP contribution >= 0.6 is 11.6 Å². The van der Waals surface area contributed by atoms with Gasteiger partial charge in [0.05, 0.1) is 19.2 Å². The van der Waals surface area contributed by atoms with E-state index in [2.05, 4.69) is 13.8 Å². The van der Waals surface area contributed by atoms with Crippen molar-refractivity contribution < 1.29 is 23.7 Å². The molecule has 28 heavy (non-hydrogen) atoms. The Morgan fingerprint density at radius 3 is 2.54 bits per heavy atom. The van der Waals surface area contributed by atoms with Crippen molar-refractivity contribution >= 4 is 17.6 Å². The molecule has 0 bridgehead atoms. The van der Waals surface area contributed by atoms with Gasteiger partial charge in [-0.1, -0.05) is 31.5 Å². The second-order valence-corrected chi connectivity index (χ2v) is 7.65. The summed E-state index contributed by atoms with van der Waals surface area (Å²) in [6.07, 6.45) is 1.78. The third-order valence-corrected chi connectivity index (χ3v) is 5.28. The Balaban J connectivity index is 2.14. The Morgan fingerprint density at radius 2 is 1.89 bits per heavy atom. The molecule has 0 aliphatic carbocycles. The molecular weight excluding hydrogens is 380 g/mol. The van der Waals surface area contributed by atoms with Gasteiger partial charge < -0.3 is 18.9 Å². The summed E-state index contributed by atoms with van der Waals surface area (Å²) >= 11 is 6.40. The highest BCUT2D eigenvalue weighted by molar-refractivity contribution is 6.33. The zero-order valence-corrected chi connectivity index (χ0v) is 17.6. The van der Waals surface area contributed by atoms with E-state index in [4.69, 9.17) is 30.5 Å². The van der Waals surface area contributed by atoms with E-state index in [9.17, 15) is 4.79 Å². The number of halogens is 1. The van der Waals surface area contributed by atoms with Gasteiger partial charge in [-0.25, -0.2) is 4.79 Å². The van der Waals surface area contributed by atoms with Gasteiger partial charge in [-0.05, 0) is 48.9 Å². The summed E-state index contributed by atoms with van der Waals surface area (Å²) in [5.74, 6) is 1.78. The summed E-state index contributed by atoms with van der Waals surface area (Å²) in [5.41, 5.74) is 2.75. The fraction of sp³-hybridized carbons (Fsp3) is 0.409. The summed E-state index contributed by atoms with van der Waals surface area (Å²) in [5, 5.41) is 0.468. The van der Waals surface area contributed by atoms with Crippen molar-refractivity contribution in [3.05, 3.63) is 45.5 Å². The van der Waals surface area contributed by atoms with Crippen LogP contribution in [-0.4, -0.2) is 20.2 Å². The monoisotopic (exact) mass is 404 g/mol. The van der Waals surface area contributed by atoms with Crippen LogP contribution in [0.15, 0.2) is 18.2 Å². The molecule has 1 aliphatic rings. The molecule has 2 aromatic rings. The van der Waals surface area contributed by atoms with E-state index >= 15 is 0 Å². The van der Waals surface area contributed by atoms with Crippen molar-refractivity contribution in [3.63, 3.8) is 0 Å². The highest BCUT2D eigenvalue weighted by atomic mass is 35.5. The minimum Gasteiger partial charge on any atom is -0.495 e. The predicted octanol–water partition coefficient (Wildman–Crippen LogP) is 5.72. The van der Waals surface area contributed by atoms with Crippen LogP contribution in [0, 0.1) is 12.8 Å².